The third kappa shape index (κ3) is 4.03. The van der Waals surface area contributed by atoms with Gasteiger partial charge in [-0.15, -0.1) is 0 Å². The molecule has 0 spiro atoms. The van der Waals surface area contributed by atoms with E-state index in [-0.39, 0.29) is 11.8 Å². The van der Waals surface area contributed by atoms with Crippen molar-refractivity contribution in [2.75, 3.05) is 13.7 Å². The first kappa shape index (κ1) is 16.6. The molecule has 1 aromatic carbocycles. The third-order valence-electron chi connectivity index (χ3n) is 2.95. The molecule has 114 valence electrons. The number of ether oxygens (including phenoxy) is 2. The van der Waals surface area contributed by atoms with Crippen LogP contribution in [0.15, 0.2) is 18.2 Å². The van der Waals surface area contributed by atoms with Crippen molar-refractivity contribution in [2.24, 2.45) is 0 Å². The van der Waals surface area contributed by atoms with Crippen LogP contribution < -0.4 is 14.8 Å². The van der Waals surface area contributed by atoms with E-state index in [2.05, 4.69) is 5.32 Å². The Morgan fingerprint density at radius 1 is 1.20 bits per heavy atom. The number of alkyl halides is 3. The molecule has 1 rings (SSSR count). The number of nitrogens with one attached hydrogen (secondary N) is 1. The van der Waals surface area contributed by atoms with Crippen LogP contribution in [0.2, 0.25) is 0 Å². The molecule has 1 N–H and O–H groups in total. The molecule has 0 aromatic heterocycles. The highest BCUT2D eigenvalue weighted by atomic mass is 19.4. The first-order valence-corrected chi connectivity index (χ1v) is 6.44. The lowest BCUT2D eigenvalue weighted by Gasteiger charge is -2.24. The Morgan fingerprint density at radius 2 is 1.80 bits per heavy atom. The zero-order valence-electron chi connectivity index (χ0n) is 12.0. The molecule has 0 fully saturated rings. The van der Waals surface area contributed by atoms with Crippen molar-refractivity contribution in [3.05, 3.63) is 23.8 Å². The fourth-order valence-electron chi connectivity index (χ4n) is 1.90. The normalized spacial score (nSPS) is 14.8. The summed E-state index contributed by atoms with van der Waals surface area (Å²) in [7, 11) is 1.48. The molecule has 1 aromatic rings. The molecule has 20 heavy (non-hydrogen) atoms. The number of rotatable bonds is 6. The van der Waals surface area contributed by atoms with E-state index in [1.54, 1.807) is 12.1 Å². The van der Waals surface area contributed by atoms with E-state index in [9.17, 15) is 13.2 Å². The summed E-state index contributed by atoms with van der Waals surface area (Å²) >= 11 is 0. The summed E-state index contributed by atoms with van der Waals surface area (Å²) in [6.07, 6.45) is -6.27. The summed E-state index contributed by atoms with van der Waals surface area (Å²) in [5, 5.41) is 3.15. The van der Waals surface area contributed by atoms with Gasteiger partial charge < -0.3 is 14.8 Å². The van der Waals surface area contributed by atoms with Gasteiger partial charge in [-0.25, -0.2) is 0 Å². The van der Waals surface area contributed by atoms with Gasteiger partial charge in [-0.1, -0.05) is 13.0 Å². The topological polar surface area (TPSA) is 30.5 Å². The van der Waals surface area contributed by atoms with E-state index in [0.717, 1.165) is 6.92 Å². The van der Waals surface area contributed by atoms with E-state index in [1.165, 1.54) is 13.2 Å². The second-order valence-corrected chi connectivity index (χ2v) is 4.45. The minimum absolute atomic E-state index is 0.174. The number of hydrogen-bond acceptors (Lipinski definition) is 3. The van der Waals surface area contributed by atoms with E-state index in [0.29, 0.717) is 17.9 Å². The predicted octanol–water partition coefficient (Wildman–Crippen LogP) is 3.70. The average molecular weight is 291 g/mol. The first-order valence-electron chi connectivity index (χ1n) is 6.44. The molecular weight excluding hydrogens is 271 g/mol. The standard InChI is InChI=1S/C14H20F3NO2/c1-5-18-9(2)13-11(19-4)7-6-8-12(13)20-10(3)14(15,16)17/h6-10,18H,5H2,1-4H3. The lowest BCUT2D eigenvalue weighted by molar-refractivity contribution is -0.189. The monoisotopic (exact) mass is 291 g/mol. The third-order valence-corrected chi connectivity index (χ3v) is 2.95. The number of benzene rings is 1. The average Bonchev–Trinajstić information content (AvgIpc) is 2.37. The van der Waals surface area contributed by atoms with Crippen molar-refractivity contribution in [1.29, 1.82) is 0 Å². The molecule has 0 amide bonds. The molecule has 0 aliphatic heterocycles. The van der Waals surface area contributed by atoms with Crippen molar-refractivity contribution in [2.45, 2.75) is 39.1 Å². The van der Waals surface area contributed by atoms with E-state index >= 15 is 0 Å². The van der Waals surface area contributed by atoms with Crippen LogP contribution in [-0.2, 0) is 0 Å². The van der Waals surface area contributed by atoms with Crippen LogP contribution in [0.1, 0.15) is 32.4 Å². The zero-order chi connectivity index (χ0) is 15.3. The van der Waals surface area contributed by atoms with Crippen LogP contribution >= 0.6 is 0 Å². The fourth-order valence-corrected chi connectivity index (χ4v) is 1.90. The van der Waals surface area contributed by atoms with Gasteiger partial charge in [0.1, 0.15) is 11.5 Å². The second-order valence-electron chi connectivity index (χ2n) is 4.45. The summed E-state index contributed by atoms with van der Waals surface area (Å²) in [5.74, 6) is 0.688. The molecule has 6 heteroatoms. The minimum atomic E-state index is -4.40. The molecule has 0 bridgehead atoms. The Bertz CT molecular complexity index is 435. The number of hydrogen-bond donors (Lipinski definition) is 1. The van der Waals surface area contributed by atoms with Crippen LogP contribution in [0.4, 0.5) is 13.2 Å². The Labute approximate surface area is 117 Å². The van der Waals surface area contributed by atoms with Crippen LogP contribution in [-0.4, -0.2) is 25.9 Å². The van der Waals surface area contributed by atoms with Gasteiger partial charge in [-0.2, -0.15) is 13.2 Å². The molecule has 0 radical (unpaired) electrons. The first-order chi connectivity index (χ1) is 9.31. The SMILES string of the molecule is CCNC(C)c1c(OC)cccc1OC(C)C(F)(F)F. The molecule has 0 saturated carbocycles. The van der Waals surface area contributed by atoms with Crippen molar-refractivity contribution in [1.82, 2.24) is 5.32 Å². The van der Waals surface area contributed by atoms with E-state index in [4.69, 9.17) is 9.47 Å². The molecule has 2 unspecified atom stereocenters. The molecule has 2 atom stereocenters. The Morgan fingerprint density at radius 3 is 2.30 bits per heavy atom. The number of methoxy groups -OCH3 is 1. The predicted molar refractivity (Wildman–Crippen MR) is 71.2 cm³/mol. The highest BCUT2D eigenvalue weighted by molar-refractivity contribution is 5.47. The van der Waals surface area contributed by atoms with Gasteiger partial charge >= 0.3 is 6.18 Å². The maximum atomic E-state index is 12.6. The van der Waals surface area contributed by atoms with Gasteiger partial charge in [0.25, 0.3) is 0 Å². The highest BCUT2D eigenvalue weighted by Crippen LogP contribution is 2.36. The van der Waals surface area contributed by atoms with Crippen molar-refractivity contribution in [3.63, 3.8) is 0 Å². The van der Waals surface area contributed by atoms with Gasteiger partial charge in [0.05, 0.1) is 12.7 Å². The fraction of sp³-hybridized carbons (Fsp3) is 0.571. The molecular formula is C14H20F3NO2. The highest BCUT2D eigenvalue weighted by Gasteiger charge is 2.38. The summed E-state index contributed by atoms with van der Waals surface area (Å²) in [4.78, 5) is 0. The number of halogens is 3. The Hall–Kier alpha value is -1.43. The Balaban J connectivity index is 3.12. The van der Waals surface area contributed by atoms with Crippen LogP contribution in [0.3, 0.4) is 0 Å². The second kappa shape index (κ2) is 6.83. The van der Waals surface area contributed by atoms with Crippen molar-refractivity contribution in [3.8, 4) is 11.5 Å². The van der Waals surface area contributed by atoms with Gasteiger partial charge in [-0.05, 0) is 32.5 Å². The van der Waals surface area contributed by atoms with E-state index in [1.807, 2.05) is 13.8 Å². The summed E-state index contributed by atoms with van der Waals surface area (Å²) in [5.41, 5.74) is 0.591. The quantitative estimate of drug-likeness (QED) is 0.867. The lowest BCUT2D eigenvalue weighted by atomic mass is 10.1. The molecule has 0 aliphatic rings. The molecule has 0 saturated heterocycles. The molecule has 3 nitrogen and oxygen atoms in total. The van der Waals surface area contributed by atoms with Gasteiger partial charge in [0.15, 0.2) is 6.10 Å². The summed E-state index contributed by atoms with van der Waals surface area (Å²) in [6, 6.07) is 4.66. The summed E-state index contributed by atoms with van der Waals surface area (Å²) < 4.78 is 48.2. The molecule has 0 heterocycles. The maximum absolute atomic E-state index is 12.6. The van der Waals surface area contributed by atoms with Crippen molar-refractivity contribution >= 4 is 0 Å². The molecule has 0 aliphatic carbocycles. The minimum Gasteiger partial charge on any atom is -0.496 e. The largest absolute Gasteiger partial charge is 0.496 e. The lowest BCUT2D eigenvalue weighted by Crippen LogP contribution is -2.32. The van der Waals surface area contributed by atoms with Gasteiger partial charge in [-0.3, -0.25) is 0 Å². The van der Waals surface area contributed by atoms with Crippen LogP contribution in [0, 0.1) is 0 Å². The van der Waals surface area contributed by atoms with Gasteiger partial charge in [0, 0.05) is 6.04 Å². The van der Waals surface area contributed by atoms with Crippen LogP contribution in [0.5, 0.6) is 11.5 Å². The Kier molecular flexibility index (Phi) is 5.68. The van der Waals surface area contributed by atoms with Crippen LogP contribution in [0.25, 0.3) is 0 Å². The van der Waals surface area contributed by atoms with Gasteiger partial charge in [0.2, 0.25) is 0 Å². The smallest absolute Gasteiger partial charge is 0.425 e. The summed E-state index contributed by atoms with van der Waals surface area (Å²) in [6.45, 7) is 5.45. The van der Waals surface area contributed by atoms with Crippen molar-refractivity contribution < 1.29 is 22.6 Å². The maximum Gasteiger partial charge on any atom is 0.425 e. The van der Waals surface area contributed by atoms with E-state index < -0.39 is 12.3 Å². The zero-order valence-corrected chi connectivity index (χ0v) is 12.0.